The summed E-state index contributed by atoms with van der Waals surface area (Å²) in [5.41, 5.74) is 1.27. The van der Waals surface area contributed by atoms with Crippen LogP contribution in [-0.2, 0) is 20.7 Å². The Hall–Kier alpha value is -1.19. The van der Waals surface area contributed by atoms with Gasteiger partial charge in [0.1, 0.15) is 5.78 Å². The van der Waals surface area contributed by atoms with Gasteiger partial charge in [-0.1, -0.05) is 36.8 Å². The van der Waals surface area contributed by atoms with E-state index in [0.29, 0.717) is 25.4 Å². The average molecular weight is 274 g/mol. The molecule has 2 fully saturated rings. The lowest BCUT2D eigenvalue weighted by Gasteiger charge is -2.36. The van der Waals surface area contributed by atoms with Gasteiger partial charge in [-0.2, -0.15) is 0 Å². The normalized spacial score (nSPS) is 25.8. The smallest absolute Gasteiger partial charge is 0.178 e. The van der Waals surface area contributed by atoms with Gasteiger partial charge < -0.3 is 9.47 Å². The molecule has 0 bridgehead atoms. The molecule has 1 atom stereocenters. The highest BCUT2D eigenvalue weighted by Gasteiger charge is 2.47. The zero-order valence-electron chi connectivity index (χ0n) is 11.8. The maximum Gasteiger partial charge on any atom is 0.178 e. The highest BCUT2D eigenvalue weighted by atomic mass is 16.7. The molecule has 0 amide bonds. The molecule has 3 heteroatoms. The van der Waals surface area contributed by atoms with Gasteiger partial charge in [-0.15, -0.1) is 0 Å². The molecule has 1 aromatic rings. The fraction of sp³-hybridized carbons (Fsp3) is 0.588. The van der Waals surface area contributed by atoms with Crippen molar-refractivity contribution in [3.8, 4) is 0 Å². The first-order valence-corrected chi connectivity index (χ1v) is 7.65. The first-order valence-electron chi connectivity index (χ1n) is 7.65. The Kier molecular flexibility index (Phi) is 4.18. The monoisotopic (exact) mass is 274 g/mol. The third-order valence-corrected chi connectivity index (χ3v) is 4.47. The van der Waals surface area contributed by atoms with Crippen LogP contribution in [0.15, 0.2) is 30.3 Å². The number of Topliss-reactive ketones (excluding diaryl/α,β-unsaturated/α-hetero) is 1. The summed E-state index contributed by atoms with van der Waals surface area (Å²) in [5, 5.41) is 0. The Morgan fingerprint density at radius 2 is 1.85 bits per heavy atom. The molecule has 1 aromatic carbocycles. The molecule has 1 aliphatic heterocycles. The van der Waals surface area contributed by atoms with E-state index in [1.165, 1.54) is 5.56 Å². The van der Waals surface area contributed by atoms with E-state index in [0.717, 1.165) is 32.1 Å². The molecule has 0 spiro atoms. The Bertz CT molecular complexity index is 449. The van der Waals surface area contributed by atoms with Gasteiger partial charge in [0.05, 0.1) is 19.1 Å². The van der Waals surface area contributed by atoms with Crippen molar-refractivity contribution >= 4 is 5.78 Å². The lowest BCUT2D eigenvalue weighted by molar-refractivity contribution is -0.204. The van der Waals surface area contributed by atoms with Gasteiger partial charge >= 0.3 is 0 Å². The van der Waals surface area contributed by atoms with E-state index in [1.54, 1.807) is 0 Å². The Morgan fingerprint density at radius 3 is 2.55 bits per heavy atom. The highest BCUT2D eigenvalue weighted by Crippen LogP contribution is 2.39. The maximum absolute atomic E-state index is 12.2. The van der Waals surface area contributed by atoms with Gasteiger partial charge in [0, 0.05) is 12.8 Å². The summed E-state index contributed by atoms with van der Waals surface area (Å²) in [7, 11) is 0. The van der Waals surface area contributed by atoms with Crippen LogP contribution in [0.3, 0.4) is 0 Å². The average Bonchev–Trinajstić information content (AvgIpc) is 2.97. The molecule has 3 rings (SSSR count). The lowest BCUT2D eigenvalue weighted by atomic mass is 9.79. The second-order valence-corrected chi connectivity index (χ2v) is 5.76. The predicted octanol–water partition coefficient (Wildman–Crippen LogP) is 3.12. The minimum absolute atomic E-state index is 0.0672. The van der Waals surface area contributed by atoms with Crippen molar-refractivity contribution in [3.63, 3.8) is 0 Å². The molecule has 0 radical (unpaired) electrons. The number of benzene rings is 1. The van der Waals surface area contributed by atoms with Crippen LogP contribution in [0.5, 0.6) is 0 Å². The van der Waals surface area contributed by atoms with E-state index in [-0.39, 0.29) is 5.92 Å². The number of ketones is 1. The van der Waals surface area contributed by atoms with Gasteiger partial charge in [-0.3, -0.25) is 4.79 Å². The van der Waals surface area contributed by atoms with E-state index < -0.39 is 5.79 Å². The summed E-state index contributed by atoms with van der Waals surface area (Å²) >= 11 is 0. The molecule has 1 aliphatic carbocycles. The predicted molar refractivity (Wildman–Crippen MR) is 76.4 cm³/mol. The minimum atomic E-state index is -0.659. The zero-order valence-corrected chi connectivity index (χ0v) is 11.8. The topological polar surface area (TPSA) is 35.5 Å². The number of rotatable bonds is 4. The van der Waals surface area contributed by atoms with Gasteiger partial charge in [-0.05, 0) is 24.8 Å². The van der Waals surface area contributed by atoms with Crippen molar-refractivity contribution in [3.05, 3.63) is 35.9 Å². The van der Waals surface area contributed by atoms with Gasteiger partial charge in [0.25, 0.3) is 0 Å². The van der Waals surface area contributed by atoms with Gasteiger partial charge in [0.2, 0.25) is 0 Å². The number of carbonyl (C=O) groups excluding carboxylic acids is 1. The number of hydrogen-bond acceptors (Lipinski definition) is 3. The quantitative estimate of drug-likeness (QED) is 0.846. The SMILES string of the molecule is O=C1CCCCC1C1(CCc2ccccc2)OCCO1. The molecular formula is C17H22O3. The van der Waals surface area contributed by atoms with E-state index in [4.69, 9.17) is 9.47 Å². The second-order valence-electron chi connectivity index (χ2n) is 5.76. The minimum Gasteiger partial charge on any atom is -0.347 e. The fourth-order valence-electron chi connectivity index (χ4n) is 3.40. The van der Waals surface area contributed by atoms with E-state index in [2.05, 4.69) is 12.1 Å². The molecule has 1 heterocycles. The van der Waals surface area contributed by atoms with Crippen LogP contribution in [0.25, 0.3) is 0 Å². The first kappa shape index (κ1) is 13.8. The summed E-state index contributed by atoms with van der Waals surface area (Å²) in [4.78, 5) is 12.2. The van der Waals surface area contributed by atoms with E-state index in [9.17, 15) is 4.79 Å². The van der Waals surface area contributed by atoms with Crippen LogP contribution < -0.4 is 0 Å². The second kappa shape index (κ2) is 6.06. The Labute approximate surface area is 120 Å². The van der Waals surface area contributed by atoms with Crippen LogP contribution in [0, 0.1) is 5.92 Å². The molecule has 0 N–H and O–H groups in total. The lowest BCUT2D eigenvalue weighted by Crippen LogP contribution is -2.45. The molecule has 1 saturated heterocycles. The summed E-state index contributed by atoms with van der Waals surface area (Å²) in [5.74, 6) is -0.401. The van der Waals surface area contributed by atoms with Crippen molar-refractivity contribution in [2.45, 2.75) is 44.3 Å². The van der Waals surface area contributed by atoms with Gasteiger partial charge in [0.15, 0.2) is 5.79 Å². The standard InChI is InChI=1S/C17H22O3/c18-16-9-5-4-8-15(16)17(19-12-13-20-17)11-10-14-6-2-1-3-7-14/h1-3,6-7,15H,4-5,8-13H2. The molecule has 20 heavy (non-hydrogen) atoms. The Morgan fingerprint density at radius 1 is 1.10 bits per heavy atom. The summed E-state index contributed by atoms with van der Waals surface area (Å²) in [6.07, 6.45) is 5.39. The van der Waals surface area contributed by atoms with Crippen molar-refractivity contribution in [1.82, 2.24) is 0 Å². The third kappa shape index (κ3) is 2.79. The number of hydrogen-bond donors (Lipinski definition) is 0. The summed E-state index contributed by atoms with van der Waals surface area (Å²) in [6, 6.07) is 10.3. The molecule has 1 saturated carbocycles. The number of ether oxygens (including phenoxy) is 2. The molecule has 3 nitrogen and oxygen atoms in total. The van der Waals surface area contributed by atoms with Crippen molar-refractivity contribution in [1.29, 1.82) is 0 Å². The summed E-state index contributed by atoms with van der Waals surface area (Å²) < 4.78 is 11.9. The Balaban J connectivity index is 1.72. The van der Waals surface area contributed by atoms with Crippen LogP contribution in [0.4, 0.5) is 0 Å². The molecule has 0 aromatic heterocycles. The largest absolute Gasteiger partial charge is 0.347 e. The first-order chi connectivity index (χ1) is 9.80. The molecular weight excluding hydrogens is 252 g/mol. The summed E-state index contributed by atoms with van der Waals surface area (Å²) in [6.45, 7) is 1.22. The van der Waals surface area contributed by atoms with E-state index in [1.807, 2.05) is 18.2 Å². The molecule has 2 aliphatic rings. The van der Waals surface area contributed by atoms with Crippen LogP contribution in [0.1, 0.15) is 37.7 Å². The maximum atomic E-state index is 12.2. The van der Waals surface area contributed by atoms with Crippen LogP contribution >= 0.6 is 0 Å². The zero-order chi connectivity index (χ0) is 13.8. The number of carbonyl (C=O) groups is 1. The molecule has 108 valence electrons. The van der Waals surface area contributed by atoms with Crippen molar-refractivity contribution in [2.75, 3.05) is 13.2 Å². The third-order valence-electron chi connectivity index (χ3n) is 4.47. The van der Waals surface area contributed by atoms with Gasteiger partial charge in [-0.25, -0.2) is 0 Å². The van der Waals surface area contributed by atoms with Crippen LogP contribution in [-0.4, -0.2) is 24.8 Å². The highest BCUT2D eigenvalue weighted by molar-refractivity contribution is 5.82. The van der Waals surface area contributed by atoms with Crippen molar-refractivity contribution in [2.24, 2.45) is 5.92 Å². The number of aryl methyl sites for hydroxylation is 1. The molecule has 1 unspecified atom stereocenters. The van der Waals surface area contributed by atoms with Crippen LogP contribution in [0.2, 0.25) is 0 Å². The fourth-order valence-corrected chi connectivity index (χ4v) is 3.40. The van der Waals surface area contributed by atoms with Crippen molar-refractivity contribution < 1.29 is 14.3 Å². The van der Waals surface area contributed by atoms with E-state index >= 15 is 0 Å².